The molecule has 1 saturated heterocycles. The molecule has 1 N–H and O–H groups in total. The molecule has 1 heterocycles. The first-order valence-electron chi connectivity index (χ1n) is 13.3. The summed E-state index contributed by atoms with van der Waals surface area (Å²) in [6.07, 6.45) is 10.2. The quantitative estimate of drug-likeness (QED) is 0.458. The van der Waals surface area contributed by atoms with Crippen molar-refractivity contribution < 1.29 is 28.5 Å². The number of fused-ring (bicyclic) bond motifs is 3. The van der Waals surface area contributed by atoms with Crippen LogP contribution in [-0.2, 0) is 9.47 Å². The highest BCUT2D eigenvalue weighted by Gasteiger charge is 2.60. The maximum absolute atomic E-state index is 13.5. The van der Waals surface area contributed by atoms with Crippen LogP contribution in [0.4, 0.5) is 4.39 Å². The maximum Gasteiger partial charge on any atom is 0.339 e. The van der Waals surface area contributed by atoms with Gasteiger partial charge in [0.15, 0.2) is 6.29 Å². The first kappa shape index (κ1) is 24.8. The van der Waals surface area contributed by atoms with Crippen molar-refractivity contribution in [3.05, 3.63) is 41.7 Å². The Balaban J connectivity index is 1.29. The topological polar surface area (TPSA) is 65.0 Å². The van der Waals surface area contributed by atoms with Gasteiger partial charge in [0.05, 0.1) is 19.3 Å². The molecule has 6 heteroatoms. The Morgan fingerprint density at radius 1 is 1.20 bits per heavy atom. The third-order valence-corrected chi connectivity index (χ3v) is 9.79. The van der Waals surface area contributed by atoms with Crippen LogP contribution in [-0.4, -0.2) is 36.7 Å². The van der Waals surface area contributed by atoms with E-state index in [0.29, 0.717) is 18.4 Å². The van der Waals surface area contributed by atoms with Crippen molar-refractivity contribution in [1.82, 2.24) is 0 Å². The monoisotopic (exact) mass is 486 g/mol. The maximum atomic E-state index is 13.5. The van der Waals surface area contributed by atoms with Crippen LogP contribution in [0.5, 0.6) is 5.75 Å². The van der Waals surface area contributed by atoms with Crippen LogP contribution in [0.15, 0.2) is 30.4 Å². The molecule has 0 bridgehead atoms. The number of rotatable bonds is 6. The molecule has 4 fully saturated rings. The van der Waals surface area contributed by atoms with Crippen LogP contribution in [0, 0.1) is 34.4 Å². The highest BCUT2D eigenvalue weighted by molar-refractivity contribution is 5.90. The molecule has 3 aliphatic carbocycles. The Bertz CT molecular complexity index is 972. The Hall–Kier alpha value is -1.92. The number of aromatic carboxylic acids is 1. The minimum absolute atomic E-state index is 0.0185. The lowest BCUT2D eigenvalue weighted by Gasteiger charge is -2.63. The zero-order valence-corrected chi connectivity index (χ0v) is 21.1. The molecule has 1 aliphatic heterocycles. The zero-order valence-electron chi connectivity index (χ0n) is 21.1. The lowest BCUT2D eigenvalue weighted by molar-refractivity contribution is -0.316. The van der Waals surface area contributed by atoms with Gasteiger partial charge >= 0.3 is 5.97 Å². The van der Waals surface area contributed by atoms with Crippen LogP contribution in [0.25, 0.3) is 0 Å². The van der Waals surface area contributed by atoms with E-state index in [1.165, 1.54) is 43.4 Å². The van der Waals surface area contributed by atoms with E-state index in [0.717, 1.165) is 44.8 Å². The second-order valence-electron chi connectivity index (χ2n) is 11.8. The third kappa shape index (κ3) is 4.42. The normalized spacial score (nSPS) is 37.5. The second-order valence-corrected chi connectivity index (χ2v) is 11.8. The number of allylic oxidation sites excluding steroid dienone is 1. The molecule has 4 aliphatic rings. The summed E-state index contributed by atoms with van der Waals surface area (Å²) in [7, 11) is 0. The Labute approximate surface area is 208 Å². The lowest BCUT2D eigenvalue weighted by atomic mass is 9.46. The first-order valence-corrected chi connectivity index (χ1v) is 13.3. The molecule has 0 aromatic heterocycles. The Morgan fingerprint density at radius 3 is 2.71 bits per heavy atom. The molecule has 0 amide bonds. The van der Waals surface area contributed by atoms with E-state index in [1.54, 1.807) is 0 Å². The van der Waals surface area contributed by atoms with Gasteiger partial charge in [0.1, 0.15) is 17.1 Å². The lowest BCUT2D eigenvalue weighted by Crippen LogP contribution is -2.62. The molecule has 1 unspecified atom stereocenters. The summed E-state index contributed by atoms with van der Waals surface area (Å²) in [6, 6.07) is 3.66. The minimum atomic E-state index is -1.19. The van der Waals surface area contributed by atoms with Gasteiger partial charge in [-0.1, -0.05) is 38.8 Å². The van der Waals surface area contributed by atoms with Gasteiger partial charge in [-0.25, -0.2) is 9.18 Å². The van der Waals surface area contributed by atoms with E-state index >= 15 is 0 Å². The van der Waals surface area contributed by atoms with E-state index in [1.807, 2.05) is 0 Å². The predicted octanol–water partition coefficient (Wildman–Crippen LogP) is 6.61. The highest BCUT2D eigenvalue weighted by atomic mass is 19.1. The summed E-state index contributed by atoms with van der Waals surface area (Å²) < 4.78 is 32.5. The predicted molar refractivity (Wildman–Crippen MR) is 131 cm³/mol. The van der Waals surface area contributed by atoms with Gasteiger partial charge < -0.3 is 19.3 Å². The summed E-state index contributed by atoms with van der Waals surface area (Å²) in [6.45, 7) is 10.3. The van der Waals surface area contributed by atoms with E-state index in [-0.39, 0.29) is 40.5 Å². The average Bonchev–Trinajstić information content (AvgIpc) is 3.36. The second kappa shape index (κ2) is 9.51. The summed E-state index contributed by atoms with van der Waals surface area (Å²) in [5.74, 6) is -0.263. The van der Waals surface area contributed by atoms with Crippen LogP contribution in [0.1, 0.15) is 82.0 Å². The summed E-state index contributed by atoms with van der Waals surface area (Å²) >= 11 is 0. The smallest absolute Gasteiger partial charge is 0.339 e. The van der Waals surface area contributed by atoms with Crippen LogP contribution in [0.3, 0.4) is 0 Å². The largest absolute Gasteiger partial charge is 0.493 e. The number of carbonyl (C=O) groups is 1. The molecule has 192 valence electrons. The fraction of sp³-hybridized carbons (Fsp3) is 0.690. The van der Waals surface area contributed by atoms with Crippen molar-refractivity contribution in [1.29, 1.82) is 0 Å². The number of carboxylic acids is 1. The number of benzene rings is 1. The Kier molecular flexibility index (Phi) is 6.73. The van der Waals surface area contributed by atoms with Gasteiger partial charge in [-0.05, 0) is 80.4 Å². The van der Waals surface area contributed by atoms with Crippen LogP contribution < -0.4 is 4.74 Å². The van der Waals surface area contributed by atoms with Crippen molar-refractivity contribution in [3.8, 4) is 5.75 Å². The summed E-state index contributed by atoms with van der Waals surface area (Å²) in [5, 5.41) is 9.42. The van der Waals surface area contributed by atoms with Crippen LogP contribution >= 0.6 is 0 Å². The fourth-order valence-corrected chi connectivity index (χ4v) is 7.94. The van der Waals surface area contributed by atoms with Gasteiger partial charge in [0.25, 0.3) is 0 Å². The minimum Gasteiger partial charge on any atom is -0.493 e. The van der Waals surface area contributed by atoms with E-state index in [9.17, 15) is 14.3 Å². The Morgan fingerprint density at radius 2 is 1.97 bits per heavy atom. The van der Waals surface area contributed by atoms with E-state index in [4.69, 9.17) is 14.2 Å². The molecule has 0 radical (unpaired) electrons. The molecule has 0 spiro atoms. The van der Waals surface area contributed by atoms with Crippen molar-refractivity contribution in [2.24, 2.45) is 28.6 Å². The van der Waals surface area contributed by atoms with Gasteiger partial charge in [-0.3, -0.25) is 0 Å². The number of carboxylic acid groups (broad SMARTS) is 1. The van der Waals surface area contributed by atoms with Gasteiger partial charge in [-0.15, -0.1) is 0 Å². The molecule has 5 nitrogen and oxygen atoms in total. The molecule has 1 aromatic carbocycles. The van der Waals surface area contributed by atoms with E-state index < -0.39 is 11.8 Å². The molecule has 1 aromatic rings. The van der Waals surface area contributed by atoms with Crippen molar-refractivity contribution in [2.45, 2.75) is 84.0 Å². The zero-order chi connectivity index (χ0) is 24.8. The SMILES string of the molecule is C=C1CCC2[C@]3(C)CO[C@@H](C4CCCC4)O[C@@H]3CC[C@@]2(C)[C@@H]1CCOc1ccc(F)cc1C(=O)O. The van der Waals surface area contributed by atoms with Crippen molar-refractivity contribution >= 4 is 5.97 Å². The first-order chi connectivity index (χ1) is 16.7. The summed E-state index contributed by atoms with van der Waals surface area (Å²) in [4.78, 5) is 11.5. The van der Waals surface area contributed by atoms with E-state index in [2.05, 4.69) is 20.4 Å². The van der Waals surface area contributed by atoms with Crippen LogP contribution in [0.2, 0.25) is 0 Å². The molecule has 3 saturated carbocycles. The summed E-state index contributed by atoms with van der Waals surface area (Å²) in [5.41, 5.74) is 1.16. The number of halogens is 1. The average molecular weight is 487 g/mol. The van der Waals surface area contributed by atoms with Gasteiger partial charge in [0, 0.05) is 11.3 Å². The van der Waals surface area contributed by atoms with Crippen molar-refractivity contribution in [2.75, 3.05) is 13.2 Å². The standard InChI is InChI=1S/C29H39FO5/c1-18-8-11-24-28(2,22(18)13-15-33-23-10-9-20(30)16-21(23)26(31)32)14-12-25-29(24,3)17-34-27(35-25)19-6-4-5-7-19/h9-10,16,19,22,24-25,27H,1,4-8,11-15,17H2,2-3H3,(H,31,32)/t22-,24?,25-,27-,28+,29+/m1/s1. The molecule has 6 atom stereocenters. The molecule has 5 rings (SSSR count). The fourth-order valence-electron chi connectivity index (χ4n) is 7.94. The molecular formula is C29H39FO5. The van der Waals surface area contributed by atoms with Gasteiger partial charge in [0.2, 0.25) is 0 Å². The third-order valence-electron chi connectivity index (χ3n) is 9.79. The van der Waals surface area contributed by atoms with Crippen molar-refractivity contribution in [3.63, 3.8) is 0 Å². The molecule has 35 heavy (non-hydrogen) atoms. The number of hydrogen-bond acceptors (Lipinski definition) is 4. The number of hydrogen-bond donors (Lipinski definition) is 1. The molecular weight excluding hydrogens is 447 g/mol. The van der Waals surface area contributed by atoms with Gasteiger partial charge in [-0.2, -0.15) is 0 Å². The highest BCUT2D eigenvalue weighted by Crippen LogP contribution is 2.63. The number of ether oxygens (including phenoxy) is 3.